The lowest BCUT2D eigenvalue weighted by Crippen LogP contribution is -2.31. The summed E-state index contributed by atoms with van der Waals surface area (Å²) in [4.78, 5) is 43.6. The Morgan fingerprint density at radius 2 is 1.91 bits per heavy atom. The Balaban J connectivity index is 1.20. The highest BCUT2D eigenvalue weighted by Crippen LogP contribution is 2.58. The normalized spacial score (nSPS) is 18.7. The van der Waals surface area contributed by atoms with Crippen molar-refractivity contribution in [1.29, 1.82) is 0 Å². The van der Waals surface area contributed by atoms with Crippen molar-refractivity contribution in [3.8, 4) is 23.1 Å². The first-order valence-electron chi connectivity index (χ1n) is 15.0. The Morgan fingerprint density at radius 1 is 1.09 bits per heavy atom. The minimum Gasteiger partial charge on any atom is -0.382 e. The van der Waals surface area contributed by atoms with E-state index in [4.69, 9.17) is 10.7 Å². The van der Waals surface area contributed by atoms with E-state index in [0.29, 0.717) is 29.4 Å². The summed E-state index contributed by atoms with van der Waals surface area (Å²) in [7, 11) is 0. The van der Waals surface area contributed by atoms with Crippen LogP contribution in [0.25, 0.3) is 16.8 Å². The average Bonchev–Trinajstić information content (AvgIpc) is 3.51. The zero-order chi connectivity index (χ0) is 30.4. The molecule has 10 nitrogen and oxygen atoms in total. The molecule has 0 radical (unpaired) electrons. The molecule has 2 amide bonds. The molecule has 0 bridgehead atoms. The molecule has 1 spiro atoms. The lowest BCUT2D eigenvalue weighted by Gasteiger charge is -2.28. The molecule has 3 aliphatic rings. The second kappa shape index (κ2) is 10.9. The van der Waals surface area contributed by atoms with Crippen LogP contribution < -0.4 is 16.0 Å². The minimum atomic E-state index is -0.627. The van der Waals surface area contributed by atoms with Gasteiger partial charge in [0.25, 0.3) is 11.8 Å². The Bertz CT molecular complexity index is 1850. The smallest absolute Gasteiger partial charge is 0.299 e. The van der Waals surface area contributed by atoms with E-state index < -0.39 is 11.7 Å². The molecule has 11 heteroatoms. The molecule has 3 aromatic heterocycles. The van der Waals surface area contributed by atoms with Crippen molar-refractivity contribution in [2.24, 2.45) is 5.41 Å². The SMILES string of the molecule is CC#CC(=O)N1CC2(CC2)C[C@H]1c1nc(-c2ccc(C(=O)Nc3cc(N4CCCCC4)ccn3)cc2F)c2c(N)nccn12. The third-order valence-electron chi connectivity index (χ3n) is 9.06. The number of carbonyl (C=O) groups is 2. The molecule has 1 saturated carbocycles. The number of piperidine rings is 1. The summed E-state index contributed by atoms with van der Waals surface area (Å²) in [5, 5.41) is 2.80. The highest BCUT2D eigenvalue weighted by atomic mass is 19.1. The predicted molar refractivity (Wildman–Crippen MR) is 165 cm³/mol. The van der Waals surface area contributed by atoms with E-state index in [0.717, 1.165) is 50.9 Å². The summed E-state index contributed by atoms with van der Waals surface area (Å²) in [5.74, 6) is 5.21. The fraction of sp³-hybridized carbons (Fsp3) is 0.364. The summed E-state index contributed by atoms with van der Waals surface area (Å²) in [6.45, 7) is 4.19. The number of anilines is 3. The van der Waals surface area contributed by atoms with Gasteiger partial charge in [-0.25, -0.2) is 19.3 Å². The van der Waals surface area contributed by atoms with Crippen molar-refractivity contribution < 1.29 is 14.0 Å². The molecule has 7 rings (SSSR count). The highest BCUT2D eigenvalue weighted by molar-refractivity contribution is 6.04. The summed E-state index contributed by atoms with van der Waals surface area (Å²) in [6, 6.07) is 7.72. The lowest BCUT2D eigenvalue weighted by molar-refractivity contribution is -0.126. The first kappa shape index (κ1) is 27.8. The predicted octanol–water partition coefficient (Wildman–Crippen LogP) is 4.83. The number of nitrogens with two attached hydrogens (primary N) is 1. The van der Waals surface area contributed by atoms with E-state index in [9.17, 15) is 9.59 Å². The summed E-state index contributed by atoms with van der Waals surface area (Å²) < 4.78 is 17.6. The first-order valence-corrected chi connectivity index (χ1v) is 15.0. The molecule has 3 fully saturated rings. The number of rotatable bonds is 5. The van der Waals surface area contributed by atoms with Crippen molar-refractivity contribution in [2.45, 2.75) is 51.5 Å². The van der Waals surface area contributed by atoms with Crippen LogP contribution in [0.4, 0.5) is 21.7 Å². The Kier molecular flexibility index (Phi) is 6.92. The topological polar surface area (TPSA) is 122 Å². The van der Waals surface area contributed by atoms with Gasteiger partial charge in [-0.15, -0.1) is 0 Å². The van der Waals surface area contributed by atoms with Gasteiger partial charge in [0.1, 0.15) is 34.5 Å². The van der Waals surface area contributed by atoms with Gasteiger partial charge in [0.2, 0.25) is 0 Å². The van der Waals surface area contributed by atoms with Gasteiger partial charge in [0.05, 0.1) is 6.04 Å². The maximum atomic E-state index is 15.8. The van der Waals surface area contributed by atoms with E-state index >= 15 is 4.39 Å². The molecule has 3 N–H and O–H groups in total. The maximum Gasteiger partial charge on any atom is 0.299 e. The summed E-state index contributed by atoms with van der Waals surface area (Å²) in [6.07, 6.45) is 11.3. The van der Waals surface area contributed by atoms with E-state index in [1.54, 1.807) is 40.9 Å². The molecule has 44 heavy (non-hydrogen) atoms. The fourth-order valence-corrected chi connectivity index (χ4v) is 6.60. The Morgan fingerprint density at radius 3 is 2.66 bits per heavy atom. The number of halogens is 1. The molecule has 4 aromatic rings. The number of carbonyl (C=O) groups excluding carboxylic acids is 2. The van der Waals surface area contributed by atoms with Crippen LogP contribution in [0.5, 0.6) is 0 Å². The number of nitrogens with one attached hydrogen (secondary N) is 1. The molecule has 5 heterocycles. The van der Waals surface area contributed by atoms with Crippen LogP contribution in [0, 0.1) is 23.1 Å². The molecule has 1 aromatic carbocycles. The maximum absolute atomic E-state index is 15.8. The lowest BCUT2D eigenvalue weighted by atomic mass is 10.0. The number of aromatic nitrogens is 4. The number of pyridine rings is 1. The Labute approximate surface area is 254 Å². The van der Waals surface area contributed by atoms with Gasteiger partial charge in [-0.2, -0.15) is 0 Å². The van der Waals surface area contributed by atoms with Gasteiger partial charge in [0.15, 0.2) is 0 Å². The van der Waals surface area contributed by atoms with Crippen molar-refractivity contribution in [3.05, 3.63) is 66.1 Å². The van der Waals surface area contributed by atoms with Crippen LogP contribution in [-0.2, 0) is 4.79 Å². The minimum absolute atomic E-state index is 0.0722. The molecule has 2 aliphatic heterocycles. The van der Waals surface area contributed by atoms with Gasteiger partial charge in [-0.3, -0.25) is 14.0 Å². The first-order chi connectivity index (χ1) is 21.4. The molecule has 0 unspecified atom stereocenters. The molecular weight excluding hydrogens is 559 g/mol. The molecule has 224 valence electrons. The van der Waals surface area contributed by atoms with E-state index in [2.05, 4.69) is 32.0 Å². The highest BCUT2D eigenvalue weighted by Gasteiger charge is 2.54. The van der Waals surface area contributed by atoms with Crippen molar-refractivity contribution in [3.63, 3.8) is 0 Å². The second-order valence-electron chi connectivity index (χ2n) is 12.0. The molecular formula is C33H33FN8O2. The molecule has 2 saturated heterocycles. The standard InChI is InChI=1S/C33H33FN8O2/c1-2-6-27(43)42-20-33(10-11-33)19-25(42)31-39-28(29-30(35)37-13-16-41(29)31)23-8-7-21(17-24(23)34)32(44)38-26-18-22(9-12-36-26)40-14-4-3-5-15-40/h7-9,12-13,16-18,25H,3-5,10-11,14-15,19-20H2,1H3,(H2,35,37)(H,36,38,44)/t25-/m0/s1. The zero-order valence-electron chi connectivity index (χ0n) is 24.5. The van der Waals surface area contributed by atoms with Crippen LogP contribution in [0.3, 0.4) is 0 Å². The largest absolute Gasteiger partial charge is 0.382 e. The fourth-order valence-electron chi connectivity index (χ4n) is 6.60. The summed E-state index contributed by atoms with van der Waals surface area (Å²) in [5.41, 5.74) is 8.47. The van der Waals surface area contributed by atoms with E-state index in [-0.39, 0.29) is 34.3 Å². The second-order valence-corrected chi connectivity index (χ2v) is 12.0. The number of nitrogens with zero attached hydrogens (tertiary/aromatic N) is 6. The summed E-state index contributed by atoms with van der Waals surface area (Å²) >= 11 is 0. The van der Waals surface area contributed by atoms with Gasteiger partial charge in [0, 0.05) is 61.1 Å². The number of amides is 2. The van der Waals surface area contributed by atoms with E-state index in [1.165, 1.54) is 18.6 Å². The average molecular weight is 593 g/mol. The van der Waals surface area contributed by atoms with Gasteiger partial charge < -0.3 is 20.9 Å². The van der Waals surface area contributed by atoms with Gasteiger partial charge >= 0.3 is 0 Å². The van der Waals surface area contributed by atoms with Crippen LogP contribution in [0.1, 0.15) is 67.7 Å². The van der Waals surface area contributed by atoms with Gasteiger partial charge in [-0.05, 0) is 81.0 Å². The van der Waals surface area contributed by atoms with Crippen LogP contribution in [-0.4, -0.2) is 55.7 Å². The number of fused-ring (bicyclic) bond motifs is 1. The number of hydrogen-bond donors (Lipinski definition) is 2. The van der Waals surface area contributed by atoms with Crippen LogP contribution in [0.2, 0.25) is 0 Å². The third-order valence-corrected chi connectivity index (χ3v) is 9.06. The number of benzene rings is 1. The van der Waals surface area contributed by atoms with Crippen molar-refractivity contribution in [2.75, 3.05) is 35.6 Å². The Hall–Kier alpha value is -4.98. The quantitative estimate of drug-likeness (QED) is 0.318. The van der Waals surface area contributed by atoms with Crippen molar-refractivity contribution in [1.82, 2.24) is 24.3 Å². The number of imidazole rings is 1. The number of hydrogen-bond acceptors (Lipinski definition) is 7. The monoisotopic (exact) mass is 592 g/mol. The van der Waals surface area contributed by atoms with E-state index in [1.807, 2.05) is 12.1 Å². The molecule has 1 aliphatic carbocycles. The number of likely N-dealkylation sites (tertiary alicyclic amines) is 1. The van der Waals surface area contributed by atoms with Crippen LogP contribution >= 0.6 is 0 Å². The third kappa shape index (κ3) is 5.00. The zero-order valence-corrected chi connectivity index (χ0v) is 24.5. The van der Waals surface area contributed by atoms with Crippen LogP contribution in [0.15, 0.2) is 48.9 Å². The van der Waals surface area contributed by atoms with Gasteiger partial charge in [-0.1, -0.05) is 5.92 Å². The molecule has 1 atom stereocenters. The number of nitrogen functional groups attached to an aromatic ring is 1. The van der Waals surface area contributed by atoms with Crippen molar-refractivity contribution >= 4 is 34.7 Å².